The van der Waals surface area contributed by atoms with E-state index in [2.05, 4.69) is 38.2 Å². The summed E-state index contributed by atoms with van der Waals surface area (Å²) in [6.07, 6.45) is 47.9. The van der Waals surface area contributed by atoms with Gasteiger partial charge in [-0.25, -0.2) is 0 Å². The molecule has 0 aromatic rings. The Morgan fingerprint density at radius 3 is 0.727 bits per heavy atom. The minimum Gasteiger partial charge on any atom is -0.0845 e. The van der Waals surface area contributed by atoms with E-state index in [9.17, 15) is 0 Å². The first-order valence-corrected chi connectivity index (χ1v) is 15.7. The predicted molar refractivity (Wildman–Crippen MR) is 154 cm³/mol. The second kappa shape index (κ2) is 31.5. The van der Waals surface area contributed by atoms with E-state index >= 15 is 0 Å². The molecule has 0 heteroatoms. The van der Waals surface area contributed by atoms with Crippen molar-refractivity contribution in [3.05, 3.63) is 24.3 Å². The Balaban J connectivity index is 3.13. The molecule has 0 aliphatic heterocycles. The van der Waals surface area contributed by atoms with Crippen LogP contribution in [-0.4, -0.2) is 0 Å². The van der Waals surface area contributed by atoms with Crippen LogP contribution in [0.4, 0.5) is 0 Å². The van der Waals surface area contributed by atoms with Gasteiger partial charge in [-0.15, -0.1) is 0 Å². The van der Waals surface area contributed by atoms with Crippen molar-refractivity contribution in [3.8, 4) is 0 Å². The molecule has 0 rings (SSSR count). The van der Waals surface area contributed by atoms with Gasteiger partial charge >= 0.3 is 0 Å². The fourth-order valence-corrected chi connectivity index (χ4v) is 4.73. The van der Waals surface area contributed by atoms with Gasteiger partial charge in [-0.1, -0.05) is 186 Å². The molecule has 0 nitrogen and oxygen atoms in total. The van der Waals surface area contributed by atoms with Crippen molar-refractivity contribution in [2.75, 3.05) is 0 Å². The maximum absolute atomic E-state index is 2.37. The highest BCUT2D eigenvalue weighted by molar-refractivity contribution is 5.02. The molecule has 0 saturated heterocycles. The van der Waals surface area contributed by atoms with E-state index in [0.29, 0.717) is 0 Å². The van der Waals surface area contributed by atoms with Crippen molar-refractivity contribution in [2.24, 2.45) is 0 Å². The van der Waals surface area contributed by atoms with Crippen LogP contribution in [0.3, 0.4) is 0 Å². The number of hydrogen-bond acceptors (Lipinski definition) is 0. The molecular formula is C33H64. The van der Waals surface area contributed by atoms with Crippen LogP contribution in [0.5, 0.6) is 0 Å². The lowest BCUT2D eigenvalue weighted by molar-refractivity contribution is 0.530. The van der Waals surface area contributed by atoms with Gasteiger partial charge in [0, 0.05) is 0 Å². The molecular weight excluding hydrogens is 396 g/mol. The fourth-order valence-electron chi connectivity index (χ4n) is 4.73. The van der Waals surface area contributed by atoms with Gasteiger partial charge in [0.25, 0.3) is 0 Å². The molecule has 0 amide bonds. The quantitative estimate of drug-likeness (QED) is 0.0804. The summed E-state index contributed by atoms with van der Waals surface area (Å²) in [5.41, 5.74) is 0. The van der Waals surface area contributed by atoms with Crippen LogP contribution in [0.1, 0.15) is 187 Å². The molecule has 0 aliphatic rings. The lowest BCUT2D eigenvalue weighted by Gasteiger charge is -2.03. The molecule has 0 aliphatic carbocycles. The van der Waals surface area contributed by atoms with E-state index in [-0.39, 0.29) is 0 Å². The van der Waals surface area contributed by atoms with Crippen molar-refractivity contribution in [1.82, 2.24) is 0 Å². The molecule has 0 saturated carbocycles. The highest BCUT2D eigenvalue weighted by Gasteiger charge is 1.94. The van der Waals surface area contributed by atoms with Gasteiger partial charge in [0.15, 0.2) is 0 Å². The zero-order chi connectivity index (χ0) is 23.9. The summed E-state index contributed by atoms with van der Waals surface area (Å²) >= 11 is 0. The minimum absolute atomic E-state index is 1.26. The van der Waals surface area contributed by atoms with Gasteiger partial charge in [0.1, 0.15) is 0 Å². The first-order valence-electron chi connectivity index (χ1n) is 15.7. The largest absolute Gasteiger partial charge is 0.0845 e. The van der Waals surface area contributed by atoms with E-state index in [1.165, 1.54) is 173 Å². The maximum Gasteiger partial charge on any atom is -0.0348 e. The average molecular weight is 461 g/mol. The third-order valence-corrected chi connectivity index (χ3v) is 7.08. The molecule has 0 heterocycles. The van der Waals surface area contributed by atoms with Gasteiger partial charge < -0.3 is 0 Å². The van der Waals surface area contributed by atoms with Gasteiger partial charge in [0.2, 0.25) is 0 Å². The summed E-state index contributed by atoms with van der Waals surface area (Å²) in [6, 6.07) is 0. The van der Waals surface area contributed by atoms with Crippen LogP contribution in [0, 0.1) is 0 Å². The Morgan fingerprint density at radius 1 is 0.273 bits per heavy atom. The lowest BCUT2D eigenvalue weighted by atomic mass is 10.0. The summed E-state index contributed by atoms with van der Waals surface area (Å²) in [4.78, 5) is 0. The summed E-state index contributed by atoms with van der Waals surface area (Å²) < 4.78 is 0. The molecule has 0 spiro atoms. The van der Waals surface area contributed by atoms with Crippen LogP contribution in [0.15, 0.2) is 24.3 Å². The smallest absolute Gasteiger partial charge is 0.0348 e. The molecule has 196 valence electrons. The SMILES string of the molecule is CCCCCCCCCCCC=CC=CCCCCCCCCCCCCCCCCCC. The second-order valence-corrected chi connectivity index (χ2v) is 10.6. The standard InChI is InChI=1S/C33H64/c1-3-5-7-9-11-13-15-17-19-21-23-25-27-29-31-33-32-30-28-26-24-22-20-18-16-14-12-10-8-6-4-2/h23,25,27,29H,3-22,24,26,28,30-33H2,1-2H3. The zero-order valence-corrected chi connectivity index (χ0v) is 23.4. The summed E-state index contributed by atoms with van der Waals surface area (Å²) in [6.45, 7) is 4.60. The summed E-state index contributed by atoms with van der Waals surface area (Å²) in [5.74, 6) is 0. The number of allylic oxidation sites excluding steroid dienone is 4. The van der Waals surface area contributed by atoms with Gasteiger partial charge in [-0.05, 0) is 25.7 Å². The molecule has 0 fully saturated rings. The Morgan fingerprint density at radius 2 is 0.485 bits per heavy atom. The van der Waals surface area contributed by atoms with E-state index < -0.39 is 0 Å². The summed E-state index contributed by atoms with van der Waals surface area (Å²) in [7, 11) is 0. The molecule has 0 aromatic carbocycles. The average Bonchev–Trinajstić information content (AvgIpc) is 2.83. The second-order valence-electron chi connectivity index (χ2n) is 10.6. The Kier molecular flexibility index (Phi) is 31.0. The zero-order valence-electron chi connectivity index (χ0n) is 23.4. The first-order chi connectivity index (χ1) is 16.4. The van der Waals surface area contributed by atoms with Crippen molar-refractivity contribution in [3.63, 3.8) is 0 Å². The summed E-state index contributed by atoms with van der Waals surface area (Å²) in [5, 5.41) is 0. The van der Waals surface area contributed by atoms with E-state index in [1.54, 1.807) is 0 Å². The third kappa shape index (κ3) is 31.5. The van der Waals surface area contributed by atoms with Crippen LogP contribution in [-0.2, 0) is 0 Å². The molecule has 0 N–H and O–H groups in total. The van der Waals surface area contributed by atoms with E-state index in [4.69, 9.17) is 0 Å². The normalized spacial score (nSPS) is 11.9. The highest BCUT2D eigenvalue weighted by Crippen LogP contribution is 2.14. The van der Waals surface area contributed by atoms with Crippen molar-refractivity contribution < 1.29 is 0 Å². The Bertz CT molecular complexity index is 377. The molecule has 0 aromatic heterocycles. The molecule has 0 unspecified atom stereocenters. The molecule has 0 bridgehead atoms. The molecule has 0 radical (unpaired) electrons. The predicted octanol–water partition coefficient (Wildman–Crippen LogP) is 12.7. The molecule has 0 atom stereocenters. The van der Waals surface area contributed by atoms with E-state index in [1.807, 2.05) is 0 Å². The fraction of sp³-hybridized carbons (Fsp3) is 0.879. The van der Waals surface area contributed by atoms with Crippen molar-refractivity contribution in [2.45, 2.75) is 187 Å². The van der Waals surface area contributed by atoms with Gasteiger partial charge in [-0.2, -0.15) is 0 Å². The monoisotopic (exact) mass is 461 g/mol. The van der Waals surface area contributed by atoms with Gasteiger partial charge in [0.05, 0.1) is 0 Å². The van der Waals surface area contributed by atoms with Crippen LogP contribution in [0.2, 0.25) is 0 Å². The number of hydrogen-bond donors (Lipinski definition) is 0. The number of rotatable bonds is 28. The third-order valence-electron chi connectivity index (χ3n) is 7.08. The van der Waals surface area contributed by atoms with Crippen molar-refractivity contribution >= 4 is 0 Å². The maximum atomic E-state index is 2.37. The topological polar surface area (TPSA) is 0 Å². The van der Waals surface area contributed by atoms with Crippen LogP contribution >= 0.6 is 0 Å². The first kappa shape index (κ1) is 32.5. The Labute approximate surface area is 211 Å². The van der Waals surface area contributed by atoms with Crippen LogP contribution in [0.25, 0.3) is 0 Å². The highest BCUT2D eigenvalue weighted by atomic mass is 14.0. The Hall–Kier alpha value is -0.520. The van der Waals surface area contributed by atoms with Crippen molar-refractivity contribution in [1.29, 1.82) is 0 Å². The van der Waals surface area contributed by atoms with Crippen LogP contribution < -0.4 is 0 Å². The van der Waals surface area contributed by atoms with E-state index in [0.717, 1.165) is 0 Å². The van der Waals surface area contributed by atoms with Gasteiger partial charge in [-0.3, -0.25) is 0 Å². The minimum atomic E-state index is 1.26. The number of unbranched alkanes of at least 4 members (excludes halogenated alkanes) is 25. The lowest BCUT2D eigenvalue weighted by Crippen LogP contribution is -1.83. The molecule has 33 heavy (non-hydrogen) atoms.